The summed E-state index contributed by atoms with van der Waals surface area (Å²) in [5.41, 5.74) is 0.577. The Balaban J connectivity index is 2.52. The van der Waals surface area contributed by atoms with Crippen molar-refractivity contribution in [3.63, 3.8) is 0 Å². The molecule has 0 unspecified atom stereocenters. The molecular formula is C17H25Cl2N3O2. The van der Waals surface area contributed by atoms with E-state index in [0.29, 0.717) is 16.6 Å². The van der Waals surface area contributed by atoms with Gasteiger partial charge in [0.25, 0.3) is 0 Å². The smallest absolute Gasteiger partial charge is 0.240 e. The molecule has 24 heavy (non-hydrogen) atoms. The molecule has 0 aliphatic heterocycles. The standard InChI is InChI=1S/C17H25Cl2N3O2/c1-17(2,3)20-15(23)10-22(5)16(24)11-21(4)9-12-6-7-13(18)8-14(12)19/h6-8H,9-11H2,1-5H3,(H,20,23). The summed E-state index contributed by atoms with van der Waals surface area (Å²) in [4.78, 5) is 27.4. The van der Waals surface area contributed by atoms with Crippen molar-refractivity contribution < 1.29 is 9.59 Å². The van der Waals surface area contributed by atoms with Crippen LogP contribution >= 0.6 is 23.2 Å². The molecule has 1 aromatic rings. The molecule has 1 aromatic carbocycles. The van der Waals surface area contributed by atoms with Crippen LogP contribution in [0.5, 0.6) is 0 Å². The molecule has 5 nitrogen and oxygen atoms in total. The second-order valence-corrected chi connectivity index (χ2v) is 7.80. The maximum atomic E-state index is 12.2. The van der Waals surface area contributed by atoms with Crippen LogP contribution in [0.2, 0.25) is 10.0 Å². The van der Waals surface area contributed by atoms with Gasteiger partial charge in [-0.3, -0.25) is 14.5 Å². The van der Waals surface area contributed by atoms with E-state index < -0.39 is 0 Å². The van der Waals surface area contributed by atoms with Crippen molar-refractivity contribution in [1.82, 2.24) is 15.1 Å². The molecule has 0 aliphatic rings. The van der Waals surface area contributed by atoms with Gasteiger partial charge in [0, 0.05) is 29.2 Å². The van der Waals surface area contributed by atoms with E-state index in [1.807, 2.05) is 38.8 Å². The summed E-state index contributed by atoms with van der Waals surface area (Å²) in [7, 11) is 3.44. The van der Waals surface area contributed by atoms with Crippen molar-refractivity contribution >= 4 is 35.0 Å². The monoisotopic (exact) mass is 373 g/mol. The summed E-state index contributed by atoms with van der Waals surface area (Å²) >= 11 is 12.0. The van der Waals surface area contributed by atoms with Crippen LogP contribution in [-0.4, -0.2) is 54.3 Å². The first-order valence-corrected chi connectivity index (χ1v) is 8.41. The normalized spacial score (nSPS) is 11.5. The molecule has 0 atom stereocenters. The van der Waals surface area contributed by atoms with Gasteiger partial charge in [-0.05, 0) is 45.5 Å². The van der Waals surface area contributed by atoms with Gasteiger partial charge < -0.3 is 10.2 Å². The molecule has 0 heterocycles. The van der Waals surface area contributed by atoms with Gasteiger partial charge in [-0.1, -0.05) is 29.3 Å². The Bertz CT molecular complexity index is 600. The molecule has 1 N–H and O–H groups in total. The lowest BCUT2D eigenvalue weighted by Gasteiger charge is -2.25. The Morgan fingerprint density at radius 2 is 1.75 bits per heavy atom. The Kier molecular flexibility index (Phi) is 7.52. The van der Waals surface area contributed by atoms with Crippen molar-refractivity contribution in [2.45, 2.75) is 32.9 Å². The first kappa shape index (κ1) is 20.7. The van der Waals surface area contributed by atoms with E-state index in [1.165, 1.54) is 4.90 Å². The summed E-state index contributed by atoms with van der Waals surface area (Å²) in [5.74, 6) is -0.312. The zero-order valence-electron chi connectivity index (χ0n) is 14.8. The van der Waals surface area contributed by atoms with E-state index in [4.69, 9.17) is 23.2 Å². The molecule has 0 bridgehead atoms. The quantitative estimate of drug-likeness (QED) is 0.833. The lowest BCUT2D eigenvalue weighted by atomic mass is 10.1. The van der Waals surface area contributed by atoms with Crippen molar-refractivity contribution in [2.75, 3.05) is 27.2 Å². The number of nitrogens with zero attached hydrogens (tertiary/aromatic N) is 2. The van der Waals surface area contributed by atoms with Gasteiger partial charge in [-0.2, -0.15) is 0 Å². The van der Waals surface area contributed by atoms with Gasteiger partial charge in [0.1, 0.15) is 0 Å². The number of amides is 2. The number of carbonyl (C=O) groups excluding carboxylic acids is 2. The topological polar surface area (TPSA) is 52.7 Å². The van der Waals surface area contributed by atoms with Gasteiger partial charge in [-0.15, -0.1) is 0 Å². The first-order chi connectivity index (χ1) is 11.0. The van der Waals surface area contributed by atoms with Gasteiger partial charge in [0.2, 0.25) is 11.8 Å². The minimum Gasteiger partial charge on any atom is -0.350 e. The summed E-state index contributed by atoms with van der Waals surface area (Å²) < 4.78 is 0. The molecule has 0 saturated heterocycles. The van der Waals surface area contributed by atoms with E-state index in [-0.39, 0.29) is 30.4 Å². The molecule has 0 aromatic heterocycles. The van der Waals surface area contributed by atoms with Crippen molar-refractivity contribution in [1.29, 1.82) is 0 Å². The van der Waals surface area contributed by atoms with E-state index in [0.717, 1.165) is 5.56 Å². The van der Waals surface area contributed by atoms with Crippen LogP contribution in [0.3, 0.4) is 0 Å². The number of rotatable bonds is 6. The number of nitrogens with one attached hydrogen (secondary N) is 1. The van der Waals surface area contributed by atoms with E-state index >= 15 is 0 Å². The fourth-order valence-electron chi connectivity index (χ4n) is 2.11. The molecular weight excluding hydrogens is 349 g/mol. The summed E-state index contributed by atoms with van der Waals surface area (Å²) in [6, 6.07) is 5.28. The predicted molar refractivity (Wildman–Crippen MR) is 98.3 cm³/mol. The van der Waals surface area contributed by atoms with Gasteiger partial charge in [0.05, 0.1) is 13.1 Å². The van der Waals surface area contributed by atoms with E-state index in [9.17, 15) is 9.59 Å². The predicted octanol–water partition coefficient (Wildman–Crippen LogP) is 2.80. The summed E-state index contributed by atoms with van der Waals surface area (Å²) in [6.45, 7) is 6.44. The van der Waals surface area contributed by atoms with Gasteiger partial charge >= 0.3 is 0 Å². The van der Waals surface area contributed by atoms with Gasteiger partial charge in [0.15, 0.2) is 0 Å². The highest BCUT2D eigenvalue weighted by Gasteiger charge is 2.19. The van der Waals surface area contributed by atoms with E-state index in [2.05, 4.69) is 5.32 Å². The fourth-order valence-corrected chi connectivity index (χ4v) is 2.58. The highest BCUT2D eigenvalue weighted by Crippen LogP contribution is 2.21. The third-order valence-corrected chi connectivity index (χ3v) is 3.77. The summed E-state index contributed by atoms with van der Waals surface area (Å²) in [6.07, 6.45) is 0. The van der Waals surface area contributed by atoms with Gasteiger partial charge in [-0.25, -0.2) is 0 Å². The Morgan fingerprint density at radius 3 is 2.29 bits per heavy atom. The molecule has 0 spiro atoms. The third-order valence-electron chi connectivity index (χ3n) is 3.18. The zero-order chi connectivity index (χ0) is 18.5. The molecule has 134 valence electrons. The summed E-state index contributed by atoms with van der Waals surface area (Å²) in [5, 5.41) is 3.98. The SMILES string of the molecule is CN(CC(=O)N(C)CC(=O)NC(C)(C)C)Cc1ccc(Cl)cc1Cl. The third kappa shape index (κ3) is 7.51. The Labute approximate surface area is 153 Å². The largest absolute Gasteiger partial charge is 0.350 e. The number of halogens is 2. The van der Waals surface area contributed by atoms with E-state index in [1.54, 1.807) is 19.2 Å². The fraction of sp³-hybridized carbons (Fsp3) is 0.529. The molecule has 2 amide bonds. The number of hydrogen-bond acceptors (Lipinski definition) is 3. The molecule has 0 fully saturated rings. The lowest BCUT2D eigenvalue weighted by molar-refractivity contribution is -0.136. The lowest BCUT2D eigenvalue weighted by Crippen LogP contribution is -2.47. The minimum atomic E-state index is -0.316. The van der Waals surface area contributed by atoms with Crippen LogP contribution in [0, 0.1) is 0 Å². The maximum Gasteiger partial charge on any atom is 0.240 e. The van der Waals surface area contributed by atoms with Crippen LogP contribution in [-0.2, 0) is 16.1 Å². The molecule has 0 radical (unpaired) electrons. The highest BCUT2D eigenvalue weighted by atomic mass is 35.5. The van der Waals surface area contributed by atoms with Crippen LogP contribution in [0.1, 0.15) is 26.3 Å². The average molecular weight is 374 g/mol. The van der Waals surface area contributed by atoms with Crippen molar-refractivity contribution in [2.24, 2.45) is 0 Å². The number of hydrogen-bond donors (Lipinski definition) is 1. The molecule has 0 aliphatic carbocycles. The molecule has 7 heteroatoms. The Hall–Kier alpha value is -1.30. The van der Waals surface area contributed by atoms with Crippen LogP contribution in [0.4, 0.5) is 0 Å². The first-order valence-electron chi connectivity index (χ1n) is 7.65. The average Bonchev–Trinajstić information content (AvgIpc) is 2.39. The Morgan fingerprint density at radius 1 is 1.12 bits per heavy atom. The second kappa shape index (κ2) is 8.70. The van der Waals surface area contributed by atoms with Crippen molar-refractivity contribution in [3.05, 3.63) is 33.8 Å². The van der Waals surface area contributed by atoms with Crippen LogP contribution in [0.15, 0.2) is 18.2 Å². The van der Waals surface area contributed by atoms with Crippen molar-refractivity contribution in [3.8, 4) is 0 Å². The zero-order valence-corrected chi connectivity index (χ0v) is 16.3. The number of likely N-dealkylation sites (N-methyl/N-ethyl adjacent to an activating group) is 2. The van der Waals surface area contributed by atoms with Crippen LogP contribution in [0.25, 0.3) is 0 Å². The number of carbonyl (C=O) groups is 2. The maximum absolute atomic E-state index is 12.2. The van der Waals surface area contributed by atoms with Crippen LogP contribution < -0.4 is 5.32 Å². The molecule has 0 saturated carbocycles. The minimum absolute atomic E-state index is 0.0334. The second-order valence-electron chi connectivity index (χ2n) is 6.96. The molecule has 1 rings (SSSR count). The highest BCUT2D eigenvalue weighted by molar-refractivity contribution is 6.35. The number of benzene rings is 1.